The van der Waals surface area contributed by atoms with Gasteiger partial charge in [0.1, 0.15) is 5.69 Å². The highest BCUT2D eigenvalue weighted by Crippen LogP contribution is 2.33. The van der Waals surface area contributed by atoms with Crippen molar-refractivity contribution in [3.8, 4) is 5.69 Å². The molecule has 1 amide bonds. The summed E-state index contributed by atoms with van der Waals surface area (Å²) in [5.74, 6) is -0.187. The number of amides is 1. The van der Waals surface area contributed by atoms with Crippen LogP contribution in [0.25, 0.3) is 15.9 Å². The van der Waals surface area contributed by atoms with Gasteiger partial charge in [-0.25, -0.2) is 9.67 Å². The Kier molecular flexibility index (Phi) is 5.78. The van der Waals surface area contributed by atoms with Crippen molar-refractivity contribution in [3.63, 3.8) is 0 Å². The van der Waals surface area contributed by atoms with Crippen LogP contribution in [-0.2, 0) is 11.8 Å². The molecular formula is C22H22N4O2S2. The van der Waals surface area contributed by atoms with Gasteiger partial charge in [-0.2, -0.15) is 0 Å². The van der Waals surface area contributed by atoms with Crippen LogP contribution in [0.4, 0.5) is 5.69 Å². The molecule has 0 aliphatic rings. The minimum atomic E-state index is -0.338. The van der Waals surface area contributed by atoms with E-state index in [1.807, 2.05) is 75.5 Å². The Labute approximate surface area is 182 Å². The lowest BCUT2D eigenvalue weighted by molar-refractivity contribution is -0.115. The van der Waals surface area contributed by atoms with Crippen LogP contribution in [0, 0.1) is 6.92 Å². The number of para-hydroxylation sites is 2. The molecule has 1 unspecified atom stereocenters. The van der Waals surface area contributed by atoms with E-state index in [0.29, 0.717) is 17.8 Å². The molecule has 0 saturated heterocycles. The molecule has 8 heteroatoms. The number of nitrogens with zero attached hydrogens (tertiary/aromatic N) is 3. The number of thioether (sulfide) groups is 1. The summed E-state index contributed by atoms with van der Waals surface area (Å²) in [6.07, 6.45) is 0.630. The van der Waals surface area contributed by atoms with Gasteiger partial charge in [0, 0.05) is 7.05 Å². The molecule has 154 valence electrons. The lowest BCUT2D eigenvalue weighted by atomic mass is 10.3. The predicted molar refractivity (Wildman–Crippen MR) is 124 cm³/mol. The average Bonchev–Trinajstić information content (AvgIpc) is 3.26. The van der Waals surface area contributed by atoms with Crippen LogP contribution < -0.4 is 10.9 Å². The van der Waals surface area contributed by atoms with E-state index in [-0.39, 0.29) is 16.7 Å². The molecule has 6 nitrogen and oxygen atoms in total. The molecule has 2 aromatic heterocycles. The Morgan fingerprint density at radius 1 is 1.17 bits per heavy atom. The molecule has 2 heterocycles. The predicted octanol–water partition coefficient (Wildman–Crippen LogP) is 4.60. The summed E-state index contributed by atoms with van der Waals surface area (Å²) in [5, 5.41) is 2.54. The first kappa shape index (κ1) is 20.4. The highest BCUT2D eigenvalue weighted by molar-refractivity contribution is 8.02. The first-order chi connectivity index (χ1) is 14.5. The molecule has 1 N–H and O–H groups in total. The Balaban J connectivity index is 1.58. The van der Waals surface area contributed by atoms with Gasteiger partial charge in [-0.05, 0) is 37.6 Å². The number of thiazole rings is 1. The van der Waals surface area contributed by atoms with Crippen molar-refractivity contribution in [2.75, 3.05) is 5.32 Å². The summed E-state index contributed by atoms with van der Waals surface area (Å²) in [6, 6.07) is 17.3. The van der Waals surface area contributed by atoms with E-state index in [0.717, 1.165) is 20.2 Å². The van der Waals surface area contributed by atoms with E-state index in [1.165, 1.54) is 11.8 Å². The van der Waals surface area contributed by atoms with Gasteiger partial charge in [-0.15, -0.1) is 11.3 Å². The maximum absolute atomic E-state index is 13.0. The van der Waals surface area contributed by atoms with Crippen LogP contribution in [0.15, 0.2) is 63.7 Å². The van der Waals surface area contributed by atoms with E-state index in [1.54, 1.807) is 20.7 Å². The van der Waals surface area contributed by atoms with E-state index >= 15 is 0 Å². The van der Waals surface area contributed by atoms with Gasteiger partial charge in [-0.1, -0.05) is 49.0 Å². The number of benzene rings is 2. The Morgan fingerprint density at radius 2 is 1.87 bits per heavy atom. The quantitative estimate of drug-likeness (QED) is 0.447. The first-order valence-corrected chi connectivity index (χ1v) is 11.4. The van der Waals surface area contributed by atoms with Crippen molar-refractivity contribution >= 4 is 44.9 Å². The van der Waals surface area contributed by atoms with Crippen LogP contribution >= 0.6 is 23.1 Å². The maximum Gasteiger partial charge on any atom is 0.295 e. The third kappa shape index (κ3) is 3.80. The van der Waals surface area contributed by atoms with Crippen molar-refractivity contribution in [1.82, 2.24) is 14.3 Å². The SMILES string of the molecule is CCC(Sc1nc2ccccc2s1)C(=O)Nc1c(C)n(C)n(-c2ccccc2)c1=O. The molecule has 30 heavy (non-hydrogen) atoms. The number of rotatable bonds is 6. The number of hydrogen-bond acceptors (Lipinski definition) is 5. The summed E-state index contributed by atoms with van der Waals surface area (Å²) in [6.45, 7) is 3.79. The number of aromatic nitrogens is 3. The van der Waals surface area contributed by atoms with Crippen LogP contribution in [0.1, 0.15) is 19.0 Å². The number of carbonyl (C=O) groups is 1. The lowest BCUT2D eigenvalue weighted by Crippen LogP contribution is -2.28. The Morgan fingerprint density at radius 3 is 2.57 bits per heavy atom. The molecule has 0 saturated carbocycles. The van der Waals surface area contributed by atoms with Crippen molar-refractivity contribution in [2.45, 2.75) is 29.9 Å². The van der Waals surface area contributed by atoms with Crippen molar-refractivity contribution in [3.05, 3.63) is 70.6 Å². The highest BCUT2D eigenvalue weighted by atomic mass is 32.2. The molecular weight excluding hydrogens is 416 g/mol. The standard InChI is InChI=1S/C22H22N4O2S2/c1-4-17(29-22-23-16-12-8-9-13-18(16)30-22)20(27)24-19-14(2)25(3)26(21(19)28)15-10-6-5-7-11-15/h5-13,17H,4H2,1-3H3,(H,24,27). The fourth-order valence-corrected chi connectivity index (χ4v) is 5.50. The molecule has 1 atom stereocenters. The molecule has 4 aromatic rings. The van der Waals surface area contributed by atoms with E-state index in [4.69, 9.17) is 0 Å². The largest absolute Gasteiger partial charge is 0.319 e. The summed E-state index contributed by atoms with van der Waals surface area (Å²) >= 11 is 3.02. The van der Waals surface area contributed by atoms with E-state index < -0.39 is 0 Å². The van der Waals surface area contributed by atoms with Crippen LogP contribution in [0.5, 0.6) is 0 Å². The lowest BCUT2D eigenvalue weighted by Gasteiger charge is -2.12. The van der Waals surface area contributed by atoms with E-state index in [9.17, 15) is 9.59 Å². The fraction of sp³-hybridized carbons (Fsp3) is 0.227. The summed E-state index contributed by atoms with van der Waals surface area (Å²) in [4.78, 5) is 30.7. The molecule has 0 aliphatic heterocycles. The van der Waals surface area contributed by atoms with Crippen molar-refractivity contribution < 1.29 is 4.79 Å². The topological polar surface area (TPSA) is 68.9 Å². The van der Waals surface area contributed by atoms with Gasteiger partial charge in [0.15, 0.2) is 4.34 Å². The molecule has 0 bridgehead atoms. The number of nitrogens with one attached hydrogen (secondary N) is 1. The van der Waals surface area contributed by atoms with Gasteiger partial charge < -0.3 is 5.32 Å². The van der Waals surface area contributed by atoms with Crippen molar-refractivity contribution in [1.29, 1.82) is 0 Å². The summed E-state index contributed by atoms with van der Waals surface area (Å²) in [5.41, 5.74) is 2.47. The smallest absolute Gasteiger partial charge is 0.295 e. The number of hydrogen-bond donors (Lipinski definition) is 1. The summed E-state index contributed by atoms with van der Waals surface area (Å²) in [7, 11) is 1.81. The Hall–Kier alpha value is -2.84. The minimum absolute atomic E-state index is 0.187. The van der Waals surface area contributed by atoms with E-state index in [2.05, 4.69) is 10.3 Å². The monoisotopic (exact) mass is 438 g/mol. The highest BCUT2D eigenvalue weighted by Gasteiger charge is 2.24. The van der Waals surface area contributed by atoms with Gasteiger partial charge in [0.25, 0.3) is 5.56 Å². The number of carbonyl (C=O) groups excluding carboxylic acids is 1. The first-order valence-electron chi connectivity index (χ1n) is 9.66. The fourth-order valence-electron chi connectivity index (χ4n) is 3.26. The zero-order valence-electron chi connectivity index (χ0n) is 17.0. The maximum atomic E-state index is 13.0. The zero-order valence-corrected chi connectivity index (χ0v) is 18.6. The molecule has 2 aromatic carbocycles. The minimum Gasteiger partial charge on any atom is -0.319 e. The second-order valence-electron chi connectivity index (χ2n) is 6.89. The Bertz CT molecular complexity index is 1220. The second-order valence-corrected chi connectivity index (χ2v) is 9.37. The number of fused-ring (bicyclic) bond motifs is 1. The van der Waals surface area contributed by atoms with Crippen LogP contribution in [0.2, 0.25) is 0 Å². The molecule has 4 rings (SSSR count). The molecule has 0 aliphatic carbocycles. The third-order valence-electron chi connectivity index (χ3n) is 4.98. The van der Waals surface area contributed by atoms with Gasteiger partial charge in [0.2, 0.25) is 5.91 Å². The normalized spacial score (nSPS) is 12.2. The molecule has 0 radical (unpaired) electrons. The van der Waals surface area contributed by atoms with Gasteiger partial charge in [-0.3, -0.25) is 14.3 Å². The number of anilines is 1. The third-order valence-corrected chi connectivity index (χ3v) is 7.48. The zero-order chi connectivity index (χ0) is 21.3. The van der Waals surface area contributed by atoms with Gasteiger partial charge in [0.05, 0.1) is 26.8 Å². The van der Waals surface area contributed by atoms with Crippen LogP contribution in [0.3, 0.4) is 0 Å². The summed E-state index contributed by atoms with van der Waals surface area (Å²) < 4.78 is 5.27. The average molecular weight is 439 g/mol. The van der Waals surface area contributed by atoms with Crippen molar-refractivity contribution in [2.24, 2.45) is 7.05 Å². The van der Waals surface area contributed by atoms with Crippen LogP contribution in [-0.4, -0.2) is 25.5 Å². The van der Waals surface area contributed by atoms with Gasteiger partial charge >= 0.3 is 0 Å². The second kappa shape index (κ2) is 8.49. The molecule has 0 spiro atoms. The molecule has 0 fully saturated rings.